The van der Waals surface area contributed by atoms with E-state index in [1.807, 2.05) is 25.1 Å². The Hall–Kier alpha value is -2.86. The normalized spacial score (nSPS) is 15.6. The van der Waals surface area contributed by atoms with Crippen molar-refractivity contribution in [2.75, 3.05) is 29.9 Å². The van der Waals surface area contributed by atoms with Gasteiger partial charge in [0.15, 0.2) is 0 Å². The van der Waals surface area contributed by atoms with Crippen LogP contribution in [-0.4, -0.2) is 30.6 Å². The molecule has 0 unspecified atom stereocenters. The zero-order valence-corrected chi connectivity index (χ0v) is 17.9. The maximum absolute atomic E-state index is 12.9. The van der Waals surface area contributed by atoms with E-state index in [1.165, 1.54) is 41.9 Å². The summed E-state index contributed by atoms with van der Waals surface area (Å²) in [5.74, 6) is 0.819. The Morgan fingerprint density at radius 3 is 2.70 bits per heavy atom. The number of hydrogen-bond acceptors (Lipinski definition) is 5. The monoisotopic (exact) mass is 419 g/mol. The van der Waals surface area contributed by atoms with Crippen molar-refractivity contribution in [3.63, 3.8) is 0 Å². The van der Waals surface area contributed by atoms with Crippen LogP contribution in [0, 0.1) is 6.92 Å². The van der Waals surface area contributed by atoms with Crippen molar-refractivity contribution in [2.45, 2.75) is 32.6 Å². The molecule has 0 saturated carbocycles. The molecule has 0 atom stereocenters. The third kappa shape index (κ3) is 3.79. The smallest absolute Gasteiger partial charge is 0.267 e. The van der Waals surface area contributed by atoms with Crippen LogP contribution in [-0.2, 0) is 6.42 Å². The molecule has 0 bridgehead atoms. The van der Waals surface area contributed by atoms with Crippen LogP contribution >= 0.6 is 11.3 Å². The second kappa shape index (κ2) is 8.11. The lowest BCUT2D eigenvalue weighted by Crippen LogP contribution is -2.29. The zero-order chi connectivity index (χ0) is 20.5. The number of nitrogens with one attached hydrogen (secondary N) is 1. The second-order valence-corrected chi connectivity index (χ2v) is 8.90. The summed E-state index contributed by atoms with van der Waals surface area (Å²) < 4.78 is 5.67. The fourth-order valence-electron chi connectivity index (χ4n) is 4.13. The highest BCUT2D eigenvalue weighted by Gasteiger charge is 2.19. The Morgan fingerprint density at radius 1 is 1.10 bits per heavy atom. The van der Waals surface area contributed by atoms with Gasteiger partial charge in [0, 0.05) is 36.4 Å². The molecule has 3 aromatic rings. The average Bonchev–Trinajstić information content (AvgIpc) is 3.41. The molecular weight excluding hydrogens is 394 g/mol. The molecule has 5 rings (SSSR count). The third-order valence-corrected chi connectivity index (χ3v) is 7.00. The van der Waals surface area contributed by atoms with Crippen molar-refractivity contribution in [3.05, 3.63) is 58.6 Å². The number of thiazole rings is 1. The van der Waals surface area contributed by atoms with Crippen LogP contribution in [0.4, 0.5) is 11.4 Å². The maximum Gasteiger partial charge on any atom is 0.267 e. The molecule has 1 aromatic heterocycles. The van der Waals surface area contributed by atoms with Crippen molar-refractivity contribution < 1.29 is 9.53 Å². The molecule has 1 amide bonds. The zero-order valence-electron chi connectivity index (χ0n) is 17.1. The number of ether oxygens (including phenoxy) is 1. The number of carbonyl (C=O) groups is 1. The average molecular weight is 420 g/mol. The van der Waals surface area contributed by atoms with Crippen LogP contribution in [0.5, 0.6) is 5.75 Å². The van der Waals surface area contributed by atoms with E-state index in [2.05, 4.69) is 39.5 Å². The summed E-state index contributed by atoms with van der Waals surface area (Å²) in [4.78, 5) is 20.6. The Morgan fingerprint density at radius 2 is 1.90 bits per heavy atom. The summed E-state index contributed by atoms with van der Waals surface area (Å²) >= 11 is 1.42. The molecule has 1 N–H and O–H groups in total. The Labute approximate surface area is 180 Å². The van der Waals surface area contributed by atoms with Crippen LogP contribution in [0.2, 0.25) is 0 Å². The van der Waals surface area contributed by atoms with Gasteiger partial charge in [-0.05, 0) is 62.1 Å². The Balaban J connectivity index is 1.30. The number of piperidine rings is 1. The molecule has 0 spiro atoms. The number of amides is 1. The molecule has 6 heteroatoms. The standard InChI is InChI=1S/C24H25N3O2S/c1-16-22(30-24(25-16)18-6-5-17-11-14-29-21(17)15-18)23(28)26-19-7-9-20(10-8-19)27-12-3-2-4-13-27/h5-10,15H,2-4,11-14H2,1H3,(H,26,28). The van der Waals surface area contributed by atoms with Gasteiger partial charge in [-0.2, -0.15) is 0 Å². The molecular formula is C24H25N3O2S. The summed E-state index contributed by atoms with van der Waals surface area (Å²) in [6.45, 7) is 4.85. The molecule has 154 valence electrons. The molecule has 1 fully saturated rings. The molecule has 5 nitrogen and oxygen atoms in total. The van der Waals surface area contributed by atoms with E-state index in [-0.39, 0.29) is 5.91 Å². The fraction of sp³-hybridized carbons (Fsp3) is 0.333. The summed E-state index contributed by atoms with van der Waals surface area (Å²) in [5.41, 5.74) is 5.01. The van der Waals surface area contributed by atoms with Crippen LogP contribution < -0.4 is 15.0 Å². The van der Waals surface area contributed by atoms with Crippen molar-refractivity contribution in [3.8, 4) is 16.3 Å². The second-order valence-electron chi connectivity index (χ2n) is 7.90. The molecule has 0 radical (unpaired) electrons. The SMILES string of the molecule is Cc1nc(-c2ccc3c(c2)OCC3)sc1C(=O)Nc1ccc(N2CCCCC2)cc1. The first-order chi connectivity index (χ1) is 14.7. The number of hydrogen-bond donors (Lipinski definition) is 1. The molecule has 1 saturated heterocycles. The quantitative estimate of drug-likeness (QED) is 0.624. The van der Waals surface area contributed by atoms with Gasteiger partial charge in [-0.15, -0.1) is 11.3 Å². The van der Waals surface area contributed by atoms with Gasteiger partial charge >= 0.3 is 0 Å². The highest BCUT2D eigenvalue weighted by atomic mass is 32.1. The lowest BCUT2D eigenvalue weighted by Gasteiger charge is -2.28. The van der Waals surface area contributed by atoms with Gasteiger partial charge in [0.2, 0.25) is 0 Å². The van der Waals surface area contributed by atoms with E-state index in [0.29, 0.717) is 4.88 Å². The highest BCUT2D eigenvalue weighted by Crippen LogP contribution is 2.34. The largest absolute Gasteiger partial charge is 0.493 e. The first-order valence-electron chi connectivity index (χ1n) is 10.6. The van der Waals surface area contributed by atoms with E-state index in [0.717, 1.165) is 53.8 Å². The molecule has 2 aliphatic rings. The van der Waals surface area contributed by atoms with Crippen LogP contribution in [0.15, 0.2) is 42.5 Å². The maximum atomic E-state index is 12.9. The Bertz CT molecular complexity index is 1070. The number of anilines is 2. The lowest BCUT2D eigenvalue weighted by atomic mass is 10.1. The number of rotatable bonds is 4. The van der Waals surface area contributed by atoms with Crippen molar-refractivity contribution in [1.29, 1.82) is 0 Å². The number of aromatic nitrogens is 1. The van der Waals surface area contributed by atoms with E-state index in [9.17, 15) is 4.79 Å². The van der Waals surface area contributed by atoms with Gasteiger partial charge in [0.05, 0.1) is 12.3 Å². The third-order valence-electron chi connectivity index (χ3n) is 5.79. The number of carbonyl (C=O) groups excluding carboxylic acids is 1. The number of fused-ring (bicyclic) bond motifs is 1. The summed E-state index contributed by atoms with van der Waals surface area (Å²) in [7, 11) is 0. The fourth-order valence-corrected chi connectivity index (χ4v) is 5.08. The van der Waals surface area contributed by atoms with E-state index < -0.39 is 0 Å². The van der Waals surface area contributed by atoms with E-state index >= 15 is 0 Å². The highest BCUT2D eigenvalue weighted by molar-refractivity contribution is 7.17. The molecule has 2 aliphatic heterocycles. The molecule has 3 heterocycles. The van der Waals surface area contributed by atoms with Gasteiger partial charge in [-0.3, -0.25) is 4.79 Å². The molecule has 30 heavy (non-hydrogen) atoms. The van der Waals surface area contributed by atoms with Crippen LogP contribution in [0.3, 0.4) is 0 Å². The van der Waals surface area contributed by atoms with Gasteiger partial charge < -0.3 is 15.0 Å². The van der Waals surface area contributed by atoms with Gasteiger partial charge in [-0.25, -0.2) is 4.98 Å². The number of nitrogens with zero attached hydrogens (tertiary/aromatic N) is 2. The minimum atomic E-state index is -0.112. The van der Waals surface area contributed by atoms with Gasteiger partial charge in [0.25, 0.3) is 5.91 Å². The van der Waals surface area contributed by atoms with E-state index in [1.54, 1.807) is 0 Å². The van der Waals surface area contributed by atoms with Gasteiger partial charge in [-0.1, -0.05) is 12.1 Å². The van der Waals surface area contributed by atoms with Gasteiger partial charge in [0.1, 0.15) is 15.6 Å². The minimum Gasteiger partial charge on any atom is -0.493 e. The minimum absolute atomic E-state index is 0.112. The lowest BCUT2D eigenvalue weighted by molar-refractivity contribution is 0.103. The van der Waals surface area contributed by atoms with Crippen molar-refractivity contribution in [2.24, 2.45) is 0 Å². The summed E-state index contributed by atoms with van der Waals surface area (Å²) in [6, 6.07) is 14.3. The summed E-state index contributed by atoms with van der Waals surface area (Å²) in [6.07, 6.45) is 4.78. The van der Waals surface area contributed by atoms with Crippen LogP contribution in [0.1, 0.15) is 40.2 Å². The topological polar surface area (TPSA) is 54.5 Å². The van der Waals surface area contributed by atoms with Crippen molar-refractivity contribution in [1.82, 2.24) is 4.98 Å². The van der Waals surface area contributed by atoms with E-state index in [4.69, 9.17) is 4.74 Å². The molecule has 0 aliphatic carbocycles. The Kier molecular flexibility index (Phi) is 5.17. The van der Waals surface area contributed by atoms with Crippen LogP contribution in [0.25, 0.3) is 10.6 Å². The first kappa shape index (κ1) is 19.1. The molecule has 2 aromatic carbocycles. The first-order valence-corrected chi connectivity index (χ1v) is 11.4. The number of benzene rings is 2. The van der Waals surface area contributed by atoms with Crippen molar-refractivity contribution >= 4 is 28.6 Å². The summed E-state index contributed by atoms with van der Waals surface area (Å²) in [5, 5.41) is 3.87. The number of aryl methyl sites for hydroxylation is 1. The predicted molar refractivity (Wildman–Crippen MR) is 122 cm³/mol. The predicted octanol–water partition coefficient (Wildman–Crippen LogP) is 5.30.